The van der Waals surface area contributed by atoms with E-state index in [9.17, 15) is 8.78 Å². The van der Waals surface area contributed by atoms with Crippen LogP contribution in [0.5, 0.6) is 0 Å². The molecule has 2 heterocycles. The van der Waals surface area contributed by atoms with Crippen LogP contribution in [-0.2, 0) is 5.79 Å². The topological polar surface area (TPSA) is 55.6 Å². The largest absolute Gasteiger partial charge is 0.348 e. The first-order chi connectivity index (χ1) is 14.8. The molecule has 0 aliphatic rings. The van der Waals surface area contributed by atoms with Crippen LogP contribution in [0.25, 0.3) is 22.6 Å². The number of benzene rings is 2. The van der Waals surface area contributed by atoms with Crippen LogP contribution in [0, 0.1) is 5.82 Å². The normalized spacial score (nSPS) is 12.5. The van der Waals surface area contributed by atoms with Crippen molar-refractivity contribution >= 4 is 5.95 Å². The molecule has 2 aromatic heterocycles. The fourth-order valence-corrected chi connectivity index (χ4v) is 3.39. The van der Waals surface area contributed by atoms with Gasteiger partial charge in [0.2, 0.25) is 5.95 Å². The number of nitrogens with zero attached hydrogens (tertiary/aromatic N) is 4. The van der Waals surface area contributed by atoms with E-state index in [1.807, 2.05) is 37.3 Å². The highest BCUT2D eigenvalue weighted by molar-refractivity contribution is 5.77. The van der Waals surface area contributed by atoms with Crippen molar-refractivity contribution in [1.29, 1.82) is 0 Å². The van der Waals surface area contributed by atoms with E-state index in [1.165, 1.54) is 36.9 Å². The molecule has 158 valence electrons. The van der Waals surface area contributed by atoms with E-state index in [-0.39, 0.29) is 11.9 Å². The molecule has 2 aromatic carbocycles. The Kier molecular flexibility index (Phi) is 5.50. The summed E-state index contributed by atoms with van der Waals surface area (Å²) in [6.07, 6.45) is 3.06. The molecule has 31 heavy (non-hydrogen) atoms. The van der Waals surface area contributed by atoms with Crippen LogP contribution in [0.3, 0.4) is 0 Å². The molecule has 4 rings (SSSR count). The van der Waals surface area contributed by atoms with Crippen molar-refractivity contribution in [3.63, 3.8) is 0 Å². The summed E-state index contributed by atoms with van der Waals surface area (Å²) in [4.78, 5) is 13.4. The minimum Gasteiger partial charge on any atom is -0.348 e. The van der Waals surface area contributed by atoms with Crippen molar-refractivity contribution in [2.45, 2.75) is 32.6 Å². The van der Waals surface area contributed by atoms with Crippen molar-refractivity contribution < 1.29 is 8.78 Å². The highest BCUT2D eigenvalue weighted by atomic mass is 19.1. The highest BCUT2D eigenvalue weighted by Gasteiger charge is 2.26. The SMILES string of the molecule is C[C@H](Nc1nccc(-c2c(-c3ccc(F)cc3)ncn2C(C)(C)F)n1)c1ccccc1. The maximum absolute atomic E-state index is 15.0. The van der Waals surface area contributed by atoms with Crippen LogP contribution in [0.4, 0.5) is 14.7 Å². The minimum absolute atomic E-state index is 0.0180. The predicted octanol–water partition coefficient (Wildman–Crippen LogP) is 5.98. The number of nitrogens with one attached hydrogen (secondary N) is 1. The molecular formula is C24H23F2N5. The third-order valence-electron chi connectivity index (χ3n) is 5.00. The van der Waals surface area contributed by atoms with E-state index in [4.69, 9.17) is 0 Å². The van der Waals surface area contributed by atoms with Gasteiger partial charge in [0.1, 0.15) is 5.82 Å². The van der Waals surface area contributed by atoms with Crippen LogP contribution >= 0.6 is 0 Å². The van der Waals surface area contributed by atoms with Crippen LogP contribution in [0.15, 0.2) is 73.2 Å². The minimum atomic E-state index is -1.71. The molecule has 7 heteroatoms. The zero-order chi connectivity index (χ0) is 22.0. The van der Waals surface area contributed by atoms with Crippen LogP contribution in [0.2, 0.25) is 0 Å². The lowest BCUT2D eigenvalue weighted by Gasteiger charge is -2.20. The lowest BCUT2D eigenvalue weighted by molar-refractivity contribution is 0.122. The summed E-state index contributed by atoms with van der Waals surface area (Å²) in [5, 5.41) is 3.29. The lowest BCUT2D eigenvalue weighted by atomic mass is 10.1. The van der Waals surface area contributed by atoms with Crippen LogP contribution < -0.4 is 5.32 Å². The third kappa shape index (κ3) is 4.45. The first-order valence-electron chi connectivity index (χ1n) is 10.0. The van der Waals surface area contributed by atoms with Crippen molar-refractivity contribution in [3.8, 4) is 22.6 Å². The van der Waals surface area contributed by atoms with Gasteiger partial charge in [-0.3, -0.25) is 4.57 Å². The monoisotopic (exact) mass is 419 g/mol. The average Bonchev–Trinajstić information content (AvgIpc) is 3.21. The summed E-state index contributed by atoms with van der Waals surface area (Å²) >= 11 is 0. The quantitative estimate of drug-likeness (QED) is 0.418. The molecule has 0 bridgehead atoms. The molecule has 0 spiro atoms. The van der Waals surface area contributed by atoms with E-state index in [2.05, 4.69) is 20.3 Å². The fraction of sp³-hybridized carbons (Fsp3) is 0.208. The van der Waals surface area contributed by atoms with Crippen molar-refractivity contribution in [2.24, 2.45) is 0 Å². The molecule has 0 amide bonds. The molecule has 0 radical (unpaired) electrons. The Bertz CT molecular complexity index is 1160. The molecule has 0 unspecified atom stereocenters. The van der Waals surface area contributed by atoms with Gasteiger partial charge in [-0.25, -0.2) is 23.7 Å². The molecule has 1 N–H and O–H groups in total. The molecule has 5 nitrogen and oxygen atoms in total. The molecule has 1 atom stereocenters. The van der Waals surface area contributed by atoms with Crippen LogP contribution in [0.1, 0.15) is 32.4 Å². The standard InChI is InChI=1S/C24H23F2N5/c1-16(17-7-5-4-6-8-17)29-23-27-14-13-20(30-23)22-21(18-9-11-19(25)12-10-18)28-15-31(22)24(2,3)26/h4-16H,1-3H3,(H,27,29,30)/t16-/m0/s1. The predicted molar refractivity (Wildman–Crippen MR) is 118 cm³/mol. The second kappa shape index (κ2) is 8.26. The van der Waals surface area contributed by atoms with Gasteiger partial charge in [-0.2, -0.15) is 0 Å². The summed E-state index contributed by atoms with van der Waals surface area (Å²) < 4.78 is 29.8. The van der Waals surface area contributed by atoms with E-state index in [0.717, 1.165) is 5.56 Å². The van der Waals surface area contributed by atoms with Crippen LogP contribution in [-0.4, -0.2) is 19.5 Å². The summed E-state index contributed by atoms with van der Waals surface area (Å²) in [5.41, 5.74) is 3.30. The van der Waals surface area contributed by atoms with Gasteiger partial charge in [0.05, 0.1) is 29.5 Å². The second-order valence-corrected chi connectivity index (χ2v) is 7.77. The van der Waals surface area contributed by atoms with Gasteiger partial charge >= 0.3 is 0 Å². The Morgan fingerprint density at radius 3 is 2.35 bits per heavy atom. The van der Waals surface area contributed by atoms with E-state index in [0.29, 0.717) is 28.6 Å². The first kappa shape index (κ1) is 20.7. The Morgan fingerprint density at radius 1 is 0.968 bits per heavy atom. The smallest absolute Gasteiger partial charge is 0.223 e. The molecule has 0 aliphatic carbocycles. The molecule has 4 aromatic rings. The highest BCUT2D eigenvalue weighted by Crippen LogP contribution is 2.35. The lowest BCUT2D eigenvalue weighted by Crippen LogP contribution is -2.20. The van der Waals surface area contributed by atoms with Gasteiger partial charge in [-0.15, -0.1) is 0 Å². The number of alkyl halides is 1. The maximum atomic E-state index is 15.0. The van der Waals surface area contributed by atoms with Gasteiger partial charge in [0.25, 0.3) is 0 Å². The van der Waals surface area contributed by atoms with Gasteiger partial charge < -0.3 is 5.32 Å². The Balaban J connectivity index is 1.76. The average molecular weight is 419 g/mol. The fourth-order valence-electron chi connectivity index (χ4n) is 3.39. The molecule has 0 saturated heterocycles. The number of anilines is 1. The summed E-state index contributed by atoms with van der Waals surface area (Å²) in [7, 11) is 0. The zero-order valence-corrected chi connectivity index (χ0v) is 17.6. The molecular weight excluding hydrogens is 396 g/mol. The van der Waals surface area contributed by atoms with Crippen molar-refractivity contribution in [3.05, 3.63) is 84.6 Å². The maximum Gasteiger partial charge on any atom is 0.223 e. The number of rotatable bonds is 6. The molecule has 0 fully saturated rings. The third-order valence-corrected chi connectivity index (χ3v) is 5.00. The van der Waals surface area contributed by atoms with Gasteiger partial charge in [-0.05, 0) is 56.7 Å². The van der Waals surface area contributed by atoms with Gasteiger partial charge in [0.15, 0.2) is 5.79 Å². The first-order valence-corrected chi connectivity index (χ1v) is 10.0. The molecule has 0 aliphatic heterocycles. The van der Waals surface area contributed by atoms with Crippen molar-refractivity contribution in [2.75, 3.05) is 5.32 Å². The number of aromatic nitrogens is 4. The van der Waals surface area contributed by atoms with E-state index in [1.54, 1.807) is 24.4 Å². The number of hydrogen-bond donors (Lipinski definition) is 1. The van der Waals surface area contributed by atoms with Crippen molar-refractivity contribution in [1.82, 2.24) is 19.5 Å². The van der Waals surface area contributed by atoms with Gasteiger partial charge in [0, 0.05) is 11.8 Å². The van der Waals surface area contributed by atoms with E-state index >= 15 is 0 Å². The van der Waals surface area contributed by atoms with E-state index < -0.39 is 5.79 Å². The van der Waals surface area contributed by atoms with Gasteiger partial charge in [-0.1, -0.05) is 30.3 Å². The zero-order valence-electron chi connectivity index (χ0n) is 17.6. The Labute approximate surface area is 179 Å². The second-order valence-electron chi connectivity index (χ2n) is 7.77. The summed E-state index contributed by atoms with van der Waals surface area (Å²) in [5.74, 6) is -1.64. The molecule has 0 saturated carbocycles. The Hall–Kier alpha value is -3.61. The number of imidazole rings is 1. The Morgan fingerprint density at radius 2 is 1.68 bits per heavy atom. The number of halogens is 2. The summed E-state index contributed by atoms with van der Waals surface area (Å²) in [6, 6.07) is 17.6. The summed E-state index contributed by atoms with van der Waals surface area (Å²) in [6.45, 7) is 4.92. The number of hydrogen-bond acceptors (Lipinski definition) is 4.